The van der Waals surface area contributed by atoms with Crippen molar-refractivity contribution in [3.05, 3.63) is 60.2 Å². The van der Waals surface area contributed by atoms with E-state index in [9.17, 15) is 13.6 Å². The molecule has 2 aromatic carbocycles. The Bertz CT molecular complexity index is 904. The fourth-order valence-electron chi connectivity index (χ4n) is 2.41. The van der Waals surface area contributed by atoms with Gasteiger partial charge in [-0.3, -0.25) is 9.89 Å². The van der Waals surface area contributed by atoms with Crippen molar-refractivity contribution >= 4 is 17.7 Å². The smallest absolute Gasteiger partial charge is 0.387 e. The van der Waals surface area contributed by atoms with Gasteiger partial charge in [0, 0.05) is 19.2 Å². The highest BCUT2D eigenvalue weighted by atomic mass is 32.2. The minimum atomic E-state index is -2.86. The van der Waals surface area contributed by atoms with Gasteiger partial charge in [0.1, 0.15) is 5.75 Å². The Hall–Kier alpha value is -2.94. The number of carbonyl (C=O) groups excluding carboxylic acids is 1. The number of H-pyrrole nitrogens is 1. The average Bonchev–Trinajstić information content (AvgIpc) is 3.17. The Morgan fingerprint density at radius 2 is 1.89 bits per heavy atom. The summed E-state index contributed by atoms with van der Waals surface area (Å²) in [6, 6.07) is 15.8. The average molecular weight is 404 g/mol. The van der Waals surface area contributed by atoms with Gasteiger partial charge in [-0.05, 0) is 17.7 Å². The Morgan fingerprint density at radius 3 is 2.57 bits per heavy atom. The van der Waals surface area contributed by atoms with Crippen LogP contribution < -0.4 is 4.74 Å². The summed E-state index contributed by atoms with van der Waals surface area (Å²) in [5, 5.41) is 7.48. The lowest BCUT2D eigenvalue weighted by Gasteiger charge is -2.17. The Balaban J connectivity index is 1.50. The fraction of sp³-hybridized carbons (Fsp3) is 0.211. The number of aromatic amines is 1. The third-order valence-electron chi connectivity index (χ3n) is 3.83. The summed E-state index contributed by atoms with van der Waals surface area (Å²) in [6.07, 6.45) is 0. The zero-order chi connectivity index (χ0) is 19.9. The van der Waals surface area contributed by atoms with E-state index in [0.29, 0.717) is 17.5 Å². The van der Waals surface area contributed by atoms with E-state index in [0.717, 1.165) is 11.1 Å². The van der Waals surface area contributed by atoms with Crippen molar-refractivity contribution in [1.82, 2.24) is 20.1 Å². The number of ether oxygens (including phenoxy) is 1. The minimum Gasteiger partial charge on any atom is -0.435 e. The molecule has 0 saturated heterocycles. The number of thioether (sulfide) groups is 1. The van der Waals surface area contributed by atoms with Crippen LogP contribution in [0, 0.1) is 0 Å². The predicted octanol–water partition coefficient (Wildman–Crippen LogP) is 3.82. The van der Waals surface area contributed by atoms with Gasteiger partial charge in [-0.2, -0.15) is 8.78 Å². The standard InChI is InChI=1S/C19H18F2N4O2S/c1-25(11-13-7-9-15(10-8-13)27-18(20)21)16(26)12-28-19-22-17(23-24-19)14-5-3-2-4-6-14/h2-10,18H,11-12H2,1H3,(H,22,23,24). The SMILES string of the molecule is CN(Cc1ccc(OC(F)F)cc1)C(=O)CSc1n[nH]c(-c2ccccc2)n1. The molecule has 1 heterocycles. The van der Waals surface area contributed by atoms with Crippen LogP contribution in [0.5, 0.6) is 5.75 Å². The molecule has 0 atom stereocenters. The van der Waals surface area contributed by atoms with Crippen LogP contribution in [-0.2, 0) is 11.3 Å². The van der Waals surface area contributed by atoms with Gasteiger partial charge in [0.2, 0.25) is 11.1 Å². The summed E-state index contributed by atoms with van der Waals surface area (Å²) in [5.74, 6) is 0.830. The van der Waals surface area contributed by atoms with Crippen LogP contribution in [-0.4, -0.2) is 45.4 Å². The van der Waals surface area contributed by atoms with E-state index >= 15 is 0 Å². The zero-order valence-electron chi connectivity index (χ0n) is 15.0. The molecule has 28 heavy (non-hydrogen) atoms. The third kappa shape index (κ3) is 5.53. The lowest BCUT2D eigenvalue weighted by molar-refractivity contribution is -0.127. The molecule has 1 amide bonds. The number of nitrogens with one attached hydrogen (secondary N) is 1. The lowest BCUT2D eigenvalue weighted by Crippen LogP contribution is -2.27. The molecule has 0 radical (unpaired) electrons. The van der Waals surface area contributed by atoms with Crippen molar-refractivity contribution in [3.63, 3.8) is 0 Å². The van der Waals surface area contributed by atoms with E-state index in [1.54, 1.807) is 24.1 Å². The second kappa shape index (κ2) is 9.32. The lowest BCUT2D eigenvalue weighted by atomic mass is 10.2. The Kier molecular flexibility index (Phi) is 6.59. The summed E-state index contributed by atoms with van der Waals surface area (Å²) in [4.78, 5) is 18.3. The molecule has 0 unspecified atom stereocenters. The van der Waals surface area contributed by atoms with Crippen molar-refractivity contribution in [2.45, 2.75) is 18.3 Å². The molecule has 6 nitrogen and oxygen atoms in total. The van der Waals surface area contributed by atoms with Crippen LogP contribution in [0.3, 0.4) is 0 Å². The van der Waals surface area contributed by atoms with Crippen LogP contribution in [0.1, 0.15) is 5.56 Å². The number of benzene rings is 2. The summed E-state index contributed by atoms with van der Waals surface area (Å²) in [7, 11) is 1.68. The molecule has 0 aliphatic rings. The molecular formula is C19H18F2N4O2S. The number of hydrogen-bond acceptors (Lipinski definition) is 5. The van der Waals surface area contributed by atoms with E-state index in [1.807, 2.05) is 30.3 Å². The number of amides is 1. The molecule has 0 spiro atoms. The van der Waals surface area contributed by atoms with Crippen molar-refractivity contribution < 1.29 is 18.3 Å². The first-order valence-corrected chi connectivity index (χ1v) is 9.38. The van der Waals surface area contributed by atoms with Crippen LogP contribution in [0.15, 0.2) is 59.8 Å². The van der Waals surface area contributed by atoms with Crippen molar-refractivity contribution in [1.29, 1.82) is 0 Å². The maximum absolute atomic E-state index is 12.3. The zero-order valence-corrected chi connectivity index (χ0v) is 15.8. The van der Waals surface area contributed by atoms with E-state index in [-0.39, 0.29) is 17.4 Å². The second-order valence-electron chi connectivity index (χ2n) is 5.89. The molecule has 0 saturated carbocycles. The second-order valence-corrected chi connectivity index (χ2v) is 6.84. The number of aromatic nitrogens is 3. The number of halogens is 2. The van der Waals surface area contributed by atoms with Crippen LogP contribution >= 0.6 is 11.8 Å². The maximum atomic E-state index is 12.3. The van der Waals surface area contributed by atoms with Crippen molar-refractivity contribution in [2.75, 3.05) is 12.8 Å². The topological polar surface area (TPSA) is 71.1 Å². The minimum absolute atomic E-state index is 0.0853. The molecule has 0 fully saturated rings. The van der Waals surface area contributed by atoms with Gasteiger partial charge in [-0.25, -0.2) is 4.98 Å². The van der Waals surface area contributed by atoms with E-state index < -0.39 is 6.61 Å². The van der Waals surface area contributed by atoms with Crippen LogP contribution in [0.2, 0.25) is 0 Å². The molecule has 0 aliphatic carbocycles. The van der Waals surface area contributed by atoms with Gasteiger partial charge >= 0.3 is 6.61 Å². The number of carbonyl (C=O) groups is 1. The van der Waals surface area contributed by atoms with Gasteiger partial charge in [0.25, 0.3) is 0 Å². The first-order valence-electron chi connectivity index (χ1n) is 8.39. The molecule has 1 N–H and O–H groups in total. The summed E-state index contributed by atoms with van der Waals surface area (Å²) < 4.78 is 28.6. The van der Waals surface area contributed by atoms with Gasteiger partial charge < -0.3 is 9.64 Å². The van der Waals surface area contributed by atoms with Gasteiger partial charge in [0.15, 0.2) is 5.82 Å². The highest BCUT2D eigenvalue weighted by Gasteiger charge is 2.13. The number of hydrogen-bond donors (Lipinski definition) is 1. The third-order valence-corrected chi connectivity index (χ3v) is 4.66. The quantitative estimate of drug-likeness (QED) is 0.578. The number of alkyl halides is 2. The van der Waals surface area contributed by atoms with E-state index in [1.165, 1.54) is 23.9 Å². The molecule has 3 rings (SSSR count). The summed E-state index contributed by atoms with van der Waals surface area (Å²) >= 11 is 1.24. The molecule has 0 bridgehead atoms. The summed E-state index contributed by atoms with van der Waals surface area (Å²) in [6.45, 7) is -2.50. The molecule has 3 aromatic rings. The first kappa shape index (κ1) is 19.8. The normalized spacial score (nSPS) is 10.9. The number of rotatable bonds is 8. The molecule has 0 aliphatic heterocycles. The molecule has 146 valence electrons. The molecule has 9 heteroatoms. The van der Waals surface area contributed by atoms with Crippen LogP contribution in [0.4, 0.5) is 8.78 Å². The largest absolute Gasteiger partial charge is 0.435 e. The van der Waals surface area contributed by atoms with E-state index in [4.69, 9.17) is 0 Å². The monoisotopic (exact) mass is 404 g/mol. The number of nitrogens with zero attached hydrogens (tertiary/aromatic N) is 3. The highest BCUT2D eigenvalue weighted by molar-refractivity contribution is 7.99. The first-order chi connectivity index (χ1) is 13.5. The van der Waals surface area contributed by atoms with Gasteiger partial charge in [-0.15, -0.1) is 5.10 Å². The Morgan fingerprint density at radius 1 is 1.18 bits per heavy atom. The molecular weight excluding hydrogens is 386 g/mol. The summed E-state index contributed by atoms with van der Waals surface area (Å²) in [5.41, 5.74) is 1.73. The van der Waals surface area contributed by atoms with Crippen molar-refractivity contribution in [2.24, 2.45) is 0 Å². The Labute approximate surface area is 164 Å². The predicted molar refractivity (Wildman–Crippen MR) is 102 cm³/mol. The maximum Gasteiger partial charge on any atom is 0.387 e. The highest BCUT2D eigenvalue weighted by Crippen LogP contribution is 2.20. The molecule has 1 aromatic heterocycles. The van der Waals surface area contributed by atoms with Gasteiger partial charge in [-0.1, -0.05) is 54.2 Å². The van der Waals surface area contributed by atoms with Crippen molar-refractivity contribution in [3.8, 4) is 17.1 Å². The van der Waals surface area contributed by atoms with Crippen LogP contribution in [0.25, 0.3) is 11.4 Å². The van der Waals surface area contributed by atoms with E-state index in [2.05, 4.69) is 19.9 Å². The fourth-order valence-corrected chi connectivity index (χ4v) is 3.15. The van der Waals surface area contributed by atoms with Gasteiger partial charge in [0.05, 0.1) is 5.75 Å².